The minimum Gasteiger partial charge on any atom is -0.481 e. The number of nitrogens with zero attached hydrogens (tertiary/aromatic N) is 2. The summed E-state index contributed by atoms with van der Waals surface area (Å²) < 4.78 is 40.3. The van der Waals surface area contributed by atoms with Crippen molar-refractivity contribution < 1.29 is 27.5 Å². The van der Waals surface area contributed by atoms with E-state index in [1.807, 2.05) is 0 Å². The monoisotopic (exact) mass is 256 g/mol. The zero-order chi connectivity index (χ0) is 12.2. The van der Waals surface area contributed by atoms with Gasteiger partial charge < -0.3 is 9.52 Å². The molecule has 0 aromatic carbocycles. The fourth-order valence-corrected chi connectivity index (χ4v) is 1.27. The highest BCUT2D eigenvalue weighted by molar-refractivity contribution is 7.99. The van der Waals surface area contributed by atoms with Gasteiger partial charge in [-0.15, -0.1) is 10.2 Å². The van der Waals surface area contributed by atoms with E-state index in [0.717, 1.165) is 11.8 Å². The number of hydrogen-bond acceptors (Lipinski definition) is 5. The van der Waals surface area contributed by atoms with Crippen molar-refractivity contribution in [3.63, 3.8) is 0 Å². The van der Waals surface area contributed by atoms with Crippen LogP contribution in [0.15, 0.2) is 9.64 Å². The van der Waals surface area contributed by atoms with Gasteiger partial charge in [-0.05, 0) is 0 Å². The van der Waals surface area contributed by atoms with Crippen LogP contribution in [0.3, 0.4) is 0 Å². The Labute approximate surface area is 92.0 Å². The average molecular weight is 256 g/mol. The van der Waals surface area contributed by atoms with E-state index in [1.165, 1.54) is 0 Å². The van der Waals surface area contributed by atoms with Gasteiger partial charge in [0.1, 0.15) is 5.75 Å². The Morgan fingerprint density at radius 3 is 2.69 bits per heavy atom. The van der Waals surface area contributed by atoms with Gasteiger partial charge in [0.25, 0.3) is 5.22 Å². The lowest BCUT2D eigenvalue weighted by Crippen LogP contribution is -2.08. The highest BCUT2D eigenvalue weighted by Crippen LogP contribution is 2.23. The van der Waals surface area contributed by atoms with Crippen LogP contribution in [0.5, 0.6) is 0 Å². The average Bonchev–Trinajstić information content (AvgIpc) is 2.58. The van der Waals surface area contributed by atoms with Crippen molar-refractivity contribution >= 4 is 17.7 Å². The molecule has 1 aromatic heterocycles. The Bertz CT molecular complexity index is 366. The second-order valence-electron chi connectivity index (χ2n) is 2.76. The lowest BCUT2D eigenvalue weighted by atomic mass is 10.3. The predicted octanol–water partition coefficient (Wildman–Crippen LogP) is 1.74. The molecule has 0 aliphatic heterocycles. The normalized spacial score (nSPS) is 11.7. The molecule has 1 heterocycles. The van der Waals surface area contributed by atoms with Crippen LogP contribution >= 0.6 is 11.8 Å². The molecule has 16 heavy (non-hydrogen) atoms. The number of halogens is 3. The van der Waals surface area contributed by atoms with E-state index in [-0.39, 0.29) is 16.9 Å². The maximum atomic E-state index is 11.8. The third-order valence-corrected chi connectivity index (χ3v) is 2.19. The molecule has 0 unspecified atom stereocenters. The summed E-state index contributed by atoms with van der Waals surface area (Å²) in [4.78, 5) is 10.2. The molecule has 1 aromatic rings. The molecular weight excluding hydrogens is 249 g/mol. The van der Waals surface area contributed by atoms with E-state index in [4.69, 9.17) is 9.52 Å². The minimum absolute atomic E-state index is 0.0421. The van der Waals surface area contributed by atoms with Gasteiger partial charge >= 0.3 is 12.1 Å². The molecule has 0 atom stereocenters. The van der Waals surface area contributed by atoms with Crippen LogP contribution in [0.4, 0.5) is 13.2 Å². The number of thioether (sulfide) groups is 1. The number of rotatable bonds is 5. The van der Waals surface area contributed by atoms with Crippen LogP contribution in [0.2, 0.25) is 0 Å². The molecule has 0 aliphatic carbocycles. The number of carboxylic acids is 1. The molecule has 9 heteroatoms. The molecule has 0 radical (unpaired) electrons. The van der Waals surface area contributed by atoms with Gasteiger partial charge in [0.2, 0.25) is 5.89 Å². The number of aliphatic carboxylic acids is 1. The van der Waals surface area contributed by atoms with Crippen LogP contribution in [0.25, 0.3) is 0 Å². The van der Waals surface area contributed by atoms with Crippen molar-refractivity contribution in [2.75, 3.05) is 5.75 Å². The van der Waals surface area contributed by atoms with Crippen molar-refractivity contribution in [2.45, 2.75) is 24.2 Å². The molecule has 0 spiro atoms. The summed E-state index contributed by atoms with van der Waals surface area (Å²) in [7, 11) is 0. The minimum atomic E-state index is -4.27. The first-order chi connectivity index (χ1) is 7.37. The molecule has 0 amide bonds. The maximum absolute atomic E-state index is 11.8. The number of hydrogen-bond donors (Lipinski definition) is 1. The zero-order valence-corrected chi connectivity index (χ0v) is 8.64. The Hall–Kier alpha value is -1.25. The molecule has 0 fully saturated rings. The summed E-state index contributed by atoms with van der Waals surface area (Å²) in [5, 5.41) is 15.1. The summed E-state index contributed by atoms with van der Waals surface area (Å²) in [6.07, 6.45) is -5.72. The Kier molecular flexibility index (Phi) is 4.16. The molecule has 0 aliphatic rings. The van der Waals surface area contributed by atoms with Crippen molar-refractivity contribution in [1.29, 1.82) is 0 Å². The van der Waals surface area contributed by atoms with Gasteiger partial charge in [-0.25, -0.2) is 0 Å². The third kappa shape index (κ3) is 5.01. The second-order valence-corrected chi connectivity index (χ2v) is 3.69. The molecule has 0 saturated heterocycles. The fourth-order valence-electron chi connectivity index (χ4n) is 0.770. The lowest BCUT2D eigenvalue weighted by molar-refractivity contribution is -0.135. The number of aryl methyl sites for hydroxylation is 1. The largest absolute Gasteiger partial charge is 0.481 e. The van der Waals surface area contributed by atoms with E-state index in [9.17, 15) is 18.0 Å². The van der Waals surface area contributed by atoms with Crippen molar-refractivity contribution in [3.8, 4) is 0 Å². The molecule has 90 valence electrons. The van der Waals surface area contributed by atoms with Crippen molar-refractivity contribution in [2.24, 2.45) is 0 Å². The first kappa shape index (κ1) is 12.8. The highest BCUT2D eigenvalue weighted by atomic mass is 32.2. The van der Waals surface area contributed by atoms with Gasteiger partial charge in [-0.3, -0.25) is 4.79 Å². The number of carboxylic acid groups (broad SMARTS) is 1. The summed E-state index contributed by atoms with van der Waals surface area (Å²) >= 11 is 0.762. The summed E-state index contributed by atoms with van der Waals surface area (Å²) in [5.74, 6) is -1.49. The first-order valence-electron chi connectivity index (χ1n) is 4.10. The topological polar surface area (TPSA) is 76.2 Å². The highest BCUT2D eigenvalue weighted by Gasteiger charge is 2.27. The van der Waals surface area contributed by atoms with Gasteiger partial charge in [-0.1, -0.05) is 11.8 Å². The van der Waals surface area contributed by atoms with Gasteiger partial charge in [-0.2, -0.15) is 13.2 Å². The van der Waals surface area contributed by atoms with Crippen LogP contribution in [0, 0.1) is 0 Å². The first-order valence-corrected chi connectivity index (χ1v) is 5.09. The molecule has 5 nitrogen and oxygen atoms in total. The molecule has 1 rings (SSSR count). The predicted molar refractivity (Wildman–Crippen MR) is 47.0 cm³/mol. The molecule has 0 saturated carbocycles. The Morgan fingerprint density at radius 2 is 2.12 bits per heavy atom. The molecule has 0 bridgehead atoms. The lowest BCUT2D eigenvalue weighted by Gasteiger charge is -2.01. The maximum Gasteiger partial charge on any atom is 0.389 e. The summed E-state index contributed by atoms with van der Waals surface area (Å²) in [5.41, 5.74) is 0. The van der Waals surface area contributed by atoms with Crippen LogP contribution in [-0.4, -0.2) is 33.2 Å². The van der Waals surface area contributed by atoms with Crippen molar-refractivity contribution in [1.82, 2.24) is 10.2 Å². The van der Waals surface area contributed by atoms with E-state index >= 15 is 0 Å². The van der Waals surface area contributed by atoms with Gasteiger partial charge in [0.15, 0.2) is 0 Å². The number of aromatic nitrogens is 2. The number of carbonyl (C=O) groups is 1. The van der Waals surface area contributed by atoms with Crippen LogP contribution < -0.4 is 0 Å². The smallest absolute Gasteiger partial charge is 0.389 e. The Balaban J connectivity index is 2.42. The van der Waals surface area contributed by atoms with Crippen LogP contribution in [0.1, 0.15) is 12.3 Å². The quantitative estimate of drug-likeness (QED) is 0.808. The summed E-state index contributed by atoms with van der Waals surface area (Å²) in [6.45, 7) is 0. The van der Waals surface area contributed by atoms with Crippen molar-refractivity contribution in [3.05, 3.63) is 5.89 Å². The standard InChI is InChI=1S/C7H7F3N2O3S/c8-7(9,10)2-1-4-11-12-6(15-4)16-3-5(13)14/h1-3H2,(H,13,14). The SMILES string of the molecule is O=C(O)CSc1nnc(CCC(F)(F)F)o1. The number of alkyl halides is 3. The van der Waals surface area contributed by atoms with E-state index in [1.54, 1.807) is 0 Å². The zero-order valence-electron chi connectivity index (χ0n) is 7.82. The molecule has 1 N–H and O–H groups in total. The summed E-state index contributed by atoms with van der Waals surface area (Å²) in [6, 6.07) is 0. The molecular formula is C7H7F3N2O3S. The third-order valence-electron chi connectivity index (χ3n) is 1.39. The van der Waals surface area contributed by atoms with E-state index < -0.39 is 25.0 Å². The second kappa shape index (κ2) is 5.19. The van der Waals surface area contributed by atoms with Crippen LogP contribution in [-0.2, 0) is 11.2 Å². The van der Waals surface area contributed by atoms with E-state index in [2.05, 4.69) is 10.2 Å². The van der Waals surface area contributed by atoms with Gasteiger partial charge in [0, 0.05) is 6.42 Å². The fraction of sp³-hybridized carbons (Fsp3) is 0.571. The van der Waals surface area contributed by atoms with E-state index in [0.29, 0.717) is 0 Å². The van der Waals surface area contributed by atoms with Gasteiger partial charge in [0.05, 0.1) is 6.42 Å². The Morgan fingerprint density at radius 1 is 1.44 bits per heavy atom.